The van der Waals surface area contributed by atoms with Crippen LogP contribution in [0.15, 0.2) is 53.6 Å². The largest absolute Gasteiger partial charge is 0.508 e. The highest BCUT2D eigenvalue weighted by Crippen LogP contribution is 2.45. The van der Waals surface area contributed by atoms with Crippen molar-refractivity contribution in [2.24, 2.45) is 0 Å². The second-order valence-corrected chi connectivity index (χ2v) is 8.33. The third-order valence-electron chi connectivity index (χ3n) is 5.51. The Hall–Kier alpha value is -3.21. The van der Waals surface area contributed by atoms with Crippen LogP contribution < -0.4 is 4.74 Å². The van der Waals surface area contributed by atoms with Crippen molar-refractivity contribution in [1.82, 2.24) is 0 Å². The fraction of sp³-hybridized carbons (Fsp3) is 0.346. The first kappa shape index (κ1) is 22.5. The molecule has 0 fully saturated rings. The van der Waals surface area contributed by atoms with Gasteiger partial charge in [0.15, 0.2) is 5.78 Å². The summed E-state index contributed by atoms with van der Waals surface area (Å²) in [6.45, 7) is 6.24. The van der Waals surface area contributed by atoms with Gasteiger partial charge in [-0.1, -0.05) is 35.4 Å². The molecular weight excluding hydrogens is 392 g/mol. The minimum atomic E-state index is -0.531. The summed E-state index contributed by atoms with van der Waals surface area (Å²) in [7, 11) is 0. The average Bonchev–Trinajstić information content (AvgIpc) is 2.70. The number of rotatable bonds is 7. The predicted molar refractivity (Wildman–Crippen MR) is 121 cm³/mol. The summed E-state index contributed by atoms with van der Waals surface area (Å²) >= 11 is 0. The zero-order chi connectivity index (χ0) is 22.5. The summed E-state index contributed by atoms with van der Waals surface area (Å²) in [5.41, 5.74) is 3.80. The number of aromatic hydroxyl groups is 3. The molecule has 1 aliphatic rings. The maximum atomic E-state index is 12.8. The van der Waals surface area contributed by atoms with E-state index in [1.54, 1.807) is 12.1 Å². The van der Waals surface area contributed by atoms with Gasteiger partial charge >= 0.3 is 0 Å². The van der Waals surface area contributed by atoms with E-state index in [4.69, 9.17) is 4.74 Å². The van der Waals surface area contributed by atoms with Crippen molar-refractivity contribution < 1.29 is 24.9 Å². The minimum Gasteiger partial charge on any atom is -0.508 e. The standard InChI is InChI=1S/C26H30O5/c1-16(2)6-4-7-17(3)8-5-9-20-21(28)14-24-25(26(20)30)22(29)15-23(31-24)18-10-12-19(27)13-11-18/h6,8,10-14,23,27-28,30H,4-5,7,9,15H2,1-3H3. The molecule has 0 amide bonds. The molecule has 0 aromatic heterocycles. The van der Waals surface area contributed by atoms with Crippen LogP contribution in [0.1, 0.15) is 74.0 Å². The summed E-state index contributed by atoms with van der Waals surface area (Å²) in [6.07, 6.45) is 6.92. The molecule has 1 heterocycles. The quantitative estimate of drug-likeness (QED) is 0.467. The van der Waals surface area contributed by atoms with Crippen LogP contribution in [0.3, 0.4) is 0 Å². The van der Waals surface area contributed by atoms with E-state index in [9.17, 15) is 20.1 Å². The topological polar surface area (TPSA) is 87.0 Å². The highest BCUT2D eigenvalue weighted by atomic mass is 16.5. The molecule has 0 saturated carbocycles. The number of ketones is 1. The summed E-state index contributed by atoms with van der Waals surface area (Å²) in [4.78, 5) is 12.8. The Bertz CT molecular complexity index is 1010. The van der Waals surface area contributed by atoms with E-state index >= 15 is 0 Å². The van der Waals surface area contributed by atoms with Crippen molar-refractivity contribution in [1.29, 1.82) is 0 Å². The van der Waals surface area contributed by atoms with E-state index in [0.29, 0.717) is 18.4 Å². The lowest BCUT2D eigenvalue weighted by Crippen LogP contribution is -2.21. The number of ether oxygens (including phenoxy) is 1. The predicted octanol–water partition coefficient (Wildman–Crippen LogP) is 6.14. The van der Waals surface area contributed by atoms with Crippen molar-refractivity contribution in [3.05, 3.63) is 70.3 Å². The van der Waals surface area contributed by atoms with E-state index < -0.39 is 6.10 Å². The molecule has 31 heavy (non-hydrogen) atoms. The van der Waals surface area contributed by atoms with Crippen molar-refractivity contribution in [2.45, 2.75) is 59.0 Å². The molecule has 0 saturated heterocycles. The first-order valence-electron chi connectivity index (χ1n) is 10.6. The Labute approximate surface area is 183 Å². The molecule has 0 spiro atoms. The smallest absolute Gasteiger partial charge is 0.174 e. The number of hydrogen-bond donors (Lipinski definition) is 3. The van der Waals surface area contributed by atoms with Crippen LogP contribution in [0.2, 0.25) is 0 Å². The summed E-state index contributed by atoms with van der Waals surface area (Å²) < 4.78 is 5.91. The van der Waals surface area contributed by atoms with Crippen LogP contribution >= 0.6 is 0 Å². The van der Waals surface area contributed by atoms with Crippen molar-refractivity contribution in [3.8, 4) is 23.0 Å². The molecule has 5 heteroatoms. The lowest BCUT2D eigenvalue weighted by molar-refractivity contribution is 0.0844. The third-order valence-corrected chi connectivity index (χ3v) is 5.51. The Morgan fingerprint density at radius 2 is 1.77 bits per heavy atom. The van der Waals surface area contributed by atoms with Crippen LogP contribution in [0.5, 0.6) is 23.0 Å². The first-order valence-corrected chi connectivity index (χ1v) is 10.6. The number of phenolic OH excluding ortho intramolecular Hbond substituents is 3. The Kier molecular flexibility index (Phi) is 7.06. The number of carbonyl (C=O) groups excluding carboxylic acids is 1. The lowest BCUT2D eigenvalue weighted by Gasteiger charge is -2.27. The molecule has 164 valence electrons. The van der Waals surface area contributed by atoms with E-state index in [2.05, 4.69) is 32.9 Å². The second-order valence-electron chi connectivity index (χ2n) is 8.33. The highest BCUT2D eigenvalue weighted by molar-refractivity contribution is 6.03. The van der Waals surface area contributed by atoms with Gasteiger partial charge in [-0.3, -0.25) is 4.79 Å². The molecule has 0 aliphatic carbocycles. The molecule has 1 aliphatic heterocycles. The van der Waals surface area contributed by atoms with Gasteiger partial charge < -0.3 is 20.1 Å². The first-order chi connectivity index (χ1) is 14.8. The van der Waals surface area contributed by atoms with E-state index in [-0.39, 0.29) is 40.8 Å². The molecule has 1 unspecified atom stereocenters. The monoisotopic (exact) mass is 422 g/mol. The fourth-order valence-electron chi connectivity index (χ4n) is 3.77. The number of benzene rings is 2. The number of fused-ring (bicyclic) bond motifs is 1. The zero-order valence-electron chi connectivity index (χ0n) is 18.3. The van der Waals surface area contributed by atoms with Crippen LogP contribution in [0, 0.1) is 0 Å². The van der Waals surface area contributed by atoms with Gasteiger partial charge in [0.1, 0.15) is 34.7 Å². The van der Waals surface area contributed by atoms with Crippen LogP contribution in [0.25, 0.3) is 0 Å². The zero-order valence-corrected chi connectivity index (χ0v) is 18.3. The van der Waals surface area contributed by atoms with Crippen LogP contribution in [-0.2, 0) is 6.42 Å². The van der Waals surface area contributed by atoms with Crippen LogP contribution in [-0.4, -0.2) is 21.1 Å². The van der Waals surface area contributed by atoms with Gasteiger partial charge in [-0.15, -0.1) is 0 Å². The molecule has 1 atom stereocenters. The molecule has 2 aromatic carbocycles. The third kappa shape index (κ3) is 5.48. The summed E-state index contributed by atoms with van der Waals surface area (Å²) in [5.74, 6) is -0.189. The van der Waals surface area contributed by atoms with Gasteiger partial charge in [0.05, 0.1) is 6.42 Å². The minimum absolute atomic E-state index is 0.0778. The van der Waals surface area contributed by atoms with Gasteiger partial charge in [-0.05, 0) is 64.2 Å². The van der Waals surface area contributed by atoms with Gasteiger partial charge in [-0.25, -0.2) is 0 Å². The SMILES string of the molecule is CC(C)=CCCC(C)=CCCc1c(O)cc2c(c1O)C(=O)CC(c1ccc(O)cc1)O2. The number of Topliss-reactive ketones (excluding diaryl/α,β-unsaturated/α-hetero) is 1. The molecular formula is C26H30O5. The Morgan fingerprint density at radius 3 is 2.45 bits per heavy atom. The van der Waals surface area contributed by atoms with Crippen LogP contribution in [0.4, 0.5) is 0 Å². The van der Waals surface area contributed by atoms with E-state index in [1.807, 2.05) is 0 Å². The lowest BCUT2D eigenvalue weighted by atomic mass is 9.92. The maximum Gasteiger partial charge on any atom is 0.174 e. The van der Waals surface area contributed by atoms with Gasteiger partial charge in [0.25, 0.3) is 0 Å². The van der Waals surface area contributed by atoms with Crippen molar-refractivity contribution in [2.75, 3.05) is 0 Å². The molecule has 3 N–H and O–H groups in total. The van der Waals surface area contributed by atoms with Gasteiger partial charge in [0, 0.05) is 11.6 Å². The average molecular weight is 423 g/mol. The maximum absolute atomic E-state index is 12.8. The number of allylic oxidation sites excluding steroid dienone is 4. The number of hydrogen-bond acceptors (Lipinski definition) is 5. The fourth-order valence-corrected chi connectivity index (χ4v) is 3.77. The Balaban J connectivity index is 1.75. The normalized spacial score (nSPS) is 15.9. The number of phenols is 3. The summed E-state index contributed by atoms with van der Waals surface area (Å²) in [6, 6.07) is 7.87. The molecule has 2 aromatic rings. The van der Waals surface area contributed by atoms with Gasteiger partial charge in [0.2, 0.25) is 0 Å². The Morgan fingerprint density at radius 1 is 1.06 bits per heavy atom. The molecule has 3 rings (SSSR count). The molecule has 0 bridgehead atoms. The van der Waals surface area contributed by atoms with Crippen molar-refractivity contribution >= 4 is 5.78 Å². The van der Waals surface area contributed by atoms with E-state index in [1.165, 1.54) is 29.3 Å². The van der Waals surface area contributed by atoms with E-state index in [0.717, 1.165) is 18.4 Å². The second kappa shape index (κ2) is 9.73. The number of carbonyl (C=O) groups is 1. The highest BCUT2D eigenvalue weighted by Gasteiger charge is 2.32. The molecule has 5 nitrogen and oxygen atoms in total. The van der Waals surface area contributed by atoms with Crippen molar-refractivity contribution in [3.63, 3.8) is 0 Å². The van der Waals surface area contributed by atoms with Gasteiger partial charge in [-0.2, -0.15) is 0 Å². The summed E-state index contributed by atoms with van der Waals surface area (Å²) in [5, 5.41) is 30.7. The molecule has 0 radical (unpaired) electrons.